The van der Waals surface area contributed by atoms with E-state index in [9.17, 15) is 15.3 Å². The van der Waals surface area contributed by atoms with Gasteiger partial charge in [-0.2, -0.15) is 0 Å². The van der Waals surface area contributed by atoms with Gasteiger partial charge < -0.3 is 29.9 Å². The van der Waals surface area contributed by atoms with Crippen molar-refractivity contribution in [2.45, 2.75) is 85.5 Å². The molecule has 6 aromatic heterocycles. The fraction of sp³-hybridized carbons (Fsp3) is 0.118. The van der Waals surface area contributed by atoms with Gasteiger partial charge in [-0.3, -0.25) is 28.7 Å². The molecule has 0 aliphatic heterocycles. The normalized spacial score (nSPS) is 11.8. The predicted molar refractivity (Wildman–Crippen MR) is 517 cm³/mol. The monoisotopic (exact) mass is 2250 g/mol. The number of benzene rings is 14. The van der Waals surface area contributed by atoms with E-state index in [4.69, 9.17) is 34.3 Å². The summed E-state index contributed by atoms with van der Waals surface area (Å²) in [5, 5.41) is 42.8. The number of furan rings is 1. The molecule has 20 rings (SSSR count). The van der Waals surface area contributed by atoms with Gasteiger partial charge in [-0.1, -0.05) is 260 Å². The first-order valence-corrected chi connectivity index (χ1v) is 42.8. The second-order valence-electron chi connectivity index (χ2n) is 34.2. The third-order valence-electron chi connectivity index (χ3n) is 22.4. The molecule has 0 radical (unpaired) electrons. The molecule has 0 spiro atoms. The zero-order valence-corrected chi connectivity index (χ0v) is 80.1. The van der Waals surface area contributed by atoms with Crippen LogP contribution in [0, 0.1) is 19.1 Å². The minimum Gasteiger partial charge on any atom is -0.575 e. The van der Waals surface area contributed by atoms with Crippen molar-refractivity contribution in [2.24, 2.45) is 15.0 Å². The van der Waals surface area contributed by atoms with Gasteiger partial charge in [0.05, 0.1) is 50.2 Å². The van der Waals surface area contributed by atoms with Gasteiger partial charge in [0.15, 0.2) is 0 Å². The Balaban J connectivity index is 0.000000147. The summed E-state index contributed by atoms with van der Waals surface area (Å²) in [7, 11) is 0. The minimum atomic E-state index is -0.226. The fourth-order valence-electron chi connectivity index (χ4n) is 15.8. The van der Waals surface area contributed by atoms with Gasteiger partial charge in [-0.25, -0.2) is 26.3 Å². The second kappa shape index (κ2) is 38.3. The first-order chi connectivity index (χ1) is 61.0. The van der Waals surface area contributed by atoms with Crippen molar-refractivity contribution < 1.29 is 82.9 Å². The topological polar surface area (TPSA) is 191 Å². The smallest absolute Gasteiger partial charge is 0.147 e. The van der Waals surface area contributed by atoms with Crippen molar-refractivity contribution in [3.8, 4) is 101 Å². The number of phenolic OH excluding ortho intramolecular Hbond substituents is 3. The van der Waals surface area contributed by atoms with Crippen LogP contribution >= 0.6 is 11.3 Å². The van der Waals surface area contributed by atoms with Crippen LogP contribution in [-0.2, 0) is 79.4 Å². The molecule has 20 aromatic rings. The van der Waals surface area contributed by atoms with Gasteiger partial charge in [-0.05, 0) is 171 Å². The molecular weight excluding hydrogens is 2160 g/mol. The maximum atomic E-state index is 11.4. The third kappa shape index (κ3) is 18.9. The van der Waals surface area contributed by atoms with Crippen molar-refractivity contribution in [1.82, 2.24) is 38.9 Å². The van der Waals surface area contributed by atoms with Gasteiger partial charge in [0.25, 0.3) is 0 Å². The fourth-order valence-corrected chi connectivity index (χ4v) is 16.8. The molecular formula is C110H90N11O4Pt3S-3. The molecule has 19 heteroatoms. The summed E-state index contributed by atoms with van der Waals surface area (Å²) in [4.78, 5) is 31.5. The number of thiophene rings is 1. The number of aliphatic imine (C=N–C) groups is 3. The number of hydrogen-bond donors (Lipinski definition) is 3. The number of imidazole rings is 3. The van der Waals surface area contributed by atoms with Crippen molar-refractivity contribution in [3.63, 3.8) is 0 Å². The summed E-state index contributed by atoms with van der Waals surface area (Å²) in [6, 6.07) is 114. The van der Waals surface area contributed by atoms with E-state index in [1.165, 1.54) is 4.70 Å². The van der Waals surface area contributed by atoms with Crippen LogP contribution in [0.3, 0.4) is 0 Å². The molecule has 3 N–H and O–H groups in total. The molecule has 648 valence electrons. The van der Waals surface area contributed by atoms with Gasteiger partial charge in [0.2, 0.25) is 0 Å². The summed E-state index contributed by atoms with van der Waals surface area (Å²) < 4.78 is 14.0. The Morgan fingerprint density at radius 3 is 1.29 bits per heavy atom. The molecule has 0 aliphatic rings. The first kappa shape index (κ1) is 90.5. The molecule has 0 atom stereocenters. The second-order valence-corrected chi connectivity index (χ2v) is 35.3. The maximum Gasteiger partial charge on any atom is 0.147 e. The molecule has 14 aromatic carbocycles. The number of phenols is 3. The molecule has 15 nitrogen and oxygen atoms in total. The minimum absolute atomic E-state index is 0. The van der Waals surface area contributed by atoms with Gasteiger partial charge >= 0.3 is 0 Å². The van der Waals surface area contributed by atoms with Crippen LogP contribution in [-0.4, -0.2) is 67.7 Å². The molecule has 6 heterocycles. The van der Waals surface area contributed by atoms with Gasteiger partial charge in [0, 0.05) is 155 Å². The number of rotatable bonds is 15. The molecule has 0 aliphatic carbocycles. The Bertz CT molecular complexity index is 7470. The van der Waals surface area contributed by atoms with Crippen molar-refractivity contribution >= 4 is 101 Å². The van der Waals surface area contributed by atoms with Crippen LogP contribution < -0.4 is 5.10 Å². The number of nitrogens with zero attached hydrogens (tertiary/aromatic N) is 11. The van der Waals surface area contributed by atoms with Crippen LogP contribution in [0.1, 0.15) is 101 Å². The molecule has 129 heavy (non-hydrogen) atoms. The predicted octanol–water partition coefficient (Wildman–Crippen LogP) is 27.6. The Kier molecular flexibility index (Phi) is 26.9. The molecule has 0 saturated heterocycles. The molecule has 0 unspecified atom stereocenters. The molecule has 0 fully saturated rings. The maximum absolute atomic E-state index is 11.4. The standard InChI is InChI=1S/C38H30N3O2.C37H36N5O.C35H24N3OS.3Pt/c1-38(2,3)27-20-21-33(42)26(22-27)24-39-31-17-9-8-15-29(31)37-40-36-30(35-23-25-12-7-10-19-34(25)43-35)16-11-18-32(36)41(37)28-13-5-4-6-14-28;1-36(2,3)25-21-24(34(43)29(22-25)37(4,5)6)23-38-30-17-11-10-15-28(30)35-40-33-27(31-19-20-39-41-31)16-12-18-32(33)42(35)26-13-8-7-9-14-26;1-23-18-19-31(39)25(20-23)22-36-29-15-7-6-13-27(29)35-37-34-28(33-21-24-10-5-8-17-32(24)40-33)14-9-16-30(34)38(35)26-11-3-2-4-12-26;;;/h4-22,24,42H,1-3H3;7-23H,1-6H3,(H-,38,39,40,41,43);2-20,22,39H,1H3;;;/q3*-1;;;. The molecule has 0 saturated carbocycles. The van der Waals surface area contributed by atoms with Crippen molar-refractivity contribution in [2.75, 3.05) is 0 Å². The Morgan fingerprint density at radius 2 is 0.798 bits per heavy atom. The van der Waals surface area contributed by atoms with E-state index in [1.54, 1.807) is 48.3 Å². The largest absolute Gasteiger partial charge is 0.575 e. The number of para-hydroxylation sites is 10. The Labute approximate surface area is 796 Å². The third-order valence-corrected chi connectivity index (χ3v) is 23.5. The summed E-state index contributed by atoms with van der Waals surface area (Å²) in [5.41, 5.74) is 23.7. The quantitative estimate of drug-likeness (QED) is 0.0662. The van der Waals surface area contributed by atoms with E-state index >= 15 is 0 Å². The van der Waals surface area contributed by atoms with Crippen LogP contribution in [0.25, 0.3) is 138 Å². The molecule has 0 bridgehead atoms. The average Bonchev–Trinajstić information content (AvgIpc) is 1.61. The van der Waals surface area contributed by atoms with Crippen LogP contribution in [0.2, 0.25) is 0 Å². The van der Waals surface area contributed by atoms with E-state index in [0.29, 0.717) is 22.5 Å². The van der Waals surface area contributed by atoms with Crippen molar-refractivity contribution in [3.05, 3.63) is 379 Å². The molecule has 0 amide bonds. The van der Waals surface area contributed by atoms with Gasteiger partial charge in [0.1, 0.15) is 34.7 Å². The zero-order chi connectivity index (χ0) is 87.0. The van der Waals surface area contributed by atoms with Crippen LogP contribution in [0.4, 0.5) is 17.1 Å². The summed E-state index contributed by atoms with van der Waals surface area (Å²) >= 11 is 1.73. The number of hydrogen-bond acceptors (Lipinski definition) is 12. The van der Waals surface area contributed by atoms with E-state index in [2.05, 4.69) is 195 Å². The Hall–Kier alpha value is -13.3. The van der Waals surface area contributed by atoms with E-state index in [-0.39, 0.29) is 96.7 Å². The number of aromatic hydroxyl groups is 3. The van der Waals surface area contributed by atoms with Gasteiger partial charge in [-0.15, -0.1) is 46.8 Å². The van der Waals surface area contributed by atoms with E-state index in [1.807, 2.05) is 219 Å². The SMILES string of the molecule is CC(C)(C)c1cc(C=Nc2ccccc2-c2nc3c(-c4ccn[n-]4)cccc3n2-c2ccccc2)c(O)c(C(C)(C)C)c1.CC(C)(C)c1ccc(O)c(C=Nc2ccccc2-c2nc3c(-c4[c-]c5ccccc5o4)cccc3n2-c2ccccc2)c1.Cc1ccc(O)c(C=Nc2ccccc2-c2nc3c(-c4[c-]c5ccccc5s4)cccc3n2-c2ccccc2)c1.[Pt].[Pt].[Pt]. The average molecular weight is 2250 g/mol. The summed E-state index contributed by atoms with van der Waals surface area (Å²) in [6.07, 6.45) is 6.92. The zero-order valence-electron chi connectivity index (χ0n) is 72.4. The number of fused-ring (bicyclic) bond motifs is 5. The summed E-state index contributed by atoms with van der Waals surface area (Å²) in [5.74, 6) is 3.63. The van der Waals surface area contributed by atoms with Crippen LogP contribution in [0.15, 0.2) is 347 Å². The van der Waals surface area contributed by atoms with Crippen molar-refractivity contribution in [1.29, 1.82) is 0 Å². The summed E-state index contributed by atoms with van der Waals surface area (Å²) in [6.45, 7) is 21.4. The van der Waals surface area contributed by atoms with E-state index in [0.717, 1.165) is 167 Å². The van der Waals surface area contributed by atoms with E-state index < -0.39 is 0 Å². The number of aromatic nitrogens is 8. The first-order valence-electron chi connectivity index (χ1n) is 41.9. The number of aryl methyl sites for hydroxylation is 1. The van der Waals surface area contributed by atoms with Crippen LogP contribution in [0.5, 0.6) is 17.2 Å². The Morgan fingerprint density at radius 1 is 0.380 bits per heavy atom.